The molecule has 1 aromatic rings. The van der Waals surface area contributed by atoms with Crippen molar-refractivity contribution in [1.29, 1.82) is 0 Å². The molecule has 0 spiro atoms. The standard InChI is InChI=1S/C11H11F3O3/c1-16-10(15)5-3-7-2-4-8(12)6-9(7)17-11(13)14/h2,4,6,11H,3,5H2,1H3. The Labute approximate surface area is 96.1 Å². The first-order valence-corrected chi connectivity index (χ1v) is 4.83. The average molecular weight is 248 g/mol. The molecule has 0 radical (unpaired) electrons. The maximum atomic E-state index is 12.8. The van der Waals surface area contributed by atoms with E-state index in [0.29, 0.717) is 5.56 Å². The molecular weight excluding hydrogens is 237 g/mol. The van der Waals surface area contributed by atoms with Gasteiger partial charge in [-0.3, -0.25) is 4.79 Å². The van der Waals surface area contributed by atoms with Crippen LogP contribution in [0.25, 0.3) is 0 Å². The number of hydrogen-bond acceptors (Lipinski definition) is 3. The van der Waals surface area contributed by atoms with Crippen molar-refractivity contribution in [2.45, 2.75) is 19.5 Å². The Kier molecular flexibility index (Phi) is 4.81. The highest BCUT2D eigenvalue weighted by Crippen LogP contribution is 2.23. The summed E-state index contributed by atoms with van der Waals surface area (Å²) in [6.07, 6.45) is 0.163. The zero-order chi connectivity index (χ0) is 12.8. The average Bonchev–Trinajstić information content (AvgIpc) is 2.26. The molecule has 0 N–H and O–H groups in total. The number of aryl methyl sites for hydroxylation is 1. The second kappa shape index (κ2) is 6.12. The summed E-state index contributed by atoms with van der Waals surface area (Å²) in [5, 5.41) is 0. The maximum absolute atomic E-state index is 12.8. The van der Waals surface area contributed by atoms with Gasteiger partial charge in [-0.1, -0.05) is 6.07 Å². The van der Waals surface area contributed by atoms with Crippen LogP contribution in [0.2, 0.25) is 0 Å². The Morgan fingerprint density at radius 3 is 2.71 bits per heavy atom. The second-order valence-electron chi connectivity index (χ2n) is 3.21. The zero-order valence-electron chi connectivity index (χ0n) is 9.08. The molecule has 0 aliphatic rings. The Morgan fingerprint density at radius 1 is 1.41 bits per heavy atom. The van der Waals surface area contributed by atoms with Crippen molar-refractivity contribution >= 4 is 5.97 Å². The Morgan fingerprint density at radius 2 is 2.12 bits per heavy atom. The number of rotatable bonds is 5. The quantitative estimate of drug-likeness (QED) is 0.751. The summed E-state index contributed by atoms with van der Waals surface area (Å²) in [6.45, 7) is -3.03. The smallest absolute Gasteiger partial charge is 0.387 e. The minimum Gasteiger partial charge on any atom is -0.469 e. The van der Waals surface area contributed by atoms with Crippen LogP contribution in [0.15, 0.2) is 18.2 Å². The molecule has 0 saturated heterocycles. The van der Waals surface area contributed by atoms with E-state index in [1.165, 1.54) is 13.2 Å². The highest BCUT2D eigenvalue weighted by molar-refractivity contribution is 5.69. The summed E-state index contributed by atoms with van der Waals surface area (Å²) in [5.41, 5.74) is 0.331. The normalized spacial score (nSPS) is 10.4. The van der Waals surface area contributed by atoms with E-state index in [9.17, 15) is 18.0 Å². The van der Waals surface area contributed by atoms with E-state index < -0.39 is 18.4 Å². The fraction of sp³-hybridized carbons (Fsp3) is 0.364. The number of methoxy groups -OCH3 is 1. The molecule has 0 saturated carbocycles. The summed E-state index contributed by atoms with van der Waals surface area (Å²) in [5.74, 6) is -1.41. The lowest BCUT2D eigenvalue weighted by atomic mass is 10.1. The molecule has 1 aromatic carbocycles. The molecule has 0 aliphatic carbocycles. The van der Waals surface area contributed by atoms with E-state index in [-0.39, 0.29) is 18.6 Å². The first-order valence-electron chi connectivity index (χ1n) is 4.83. The van der Waals surface area contributed by atoms with Crippen LogP contribution in [0.5, 0.6) is 5.75 Å². The first-order chi connectivity index (χ1) is 8.02. The number of alkyl halides is 2. The van der Waals surface area contributed by atoms with Gasteiger partial charge >= 0.3 is 12.6 Å². The molecule has 6 heteroatoms. The lowest BCUT2D eigenvalue weighted by molar-refractivity contribution is -0.140. The van der Waals surface area contributed by atoms with Gasteiger partial charge in [0.25, 0.3) is 0 Å². The zero-order valence-corrected chi connectivity index (χ0v) is 9.08. The SMILES string of the molecule is COC(=O)CCc1ccc(F)cc1OC(F)F. The van der Waals surface area contributed by atoms with Gasteiger partial charge in [-0.2, -0.15) is 8.78 Å². The van der Waals surface area contributed by atoms with Crippen LogP contribution in [0.4, 0.5) is 13.2 Å². The number of carbonyl (C=O) groups is 1. The molecule has 0 aliphatic heterocycles. The molecule has 0 heterocycles. The fourth-order valence-corrected chi connectivity index (χ4v) is 1.28. The van der Waals surface area contributed by atoms with Crippen molar-refractivity contribution in [2.75, 3.05) is 7.11 Å². The van der Waals surface area contributed by atoms with Gasteiger partial charge in [0, 0.05) is 12.5 Å². The molecule has 3 nitrogen and oxygen atoms in total. The van der Waals surface area contributed by atoms with Crippen molar-refractivity contribution in [1.82, 2.24) is 0 Å². The maximum Gasteiger partial charge on any atom is 0.387 e. The molecule has 0 bridgehead atoms. The van der Waals surface area contributed by atoms with Gasteiger partial charge in [-0.05, 0) is 18.1 Å². The van der Waals surface area contributed by atoms with E-state index >= 15 is 0 Å². The molecule has 0 aromatic heterocycles. The molecular formula is C11H11F3O3. The Hall–Kier alpha value is -1.72. The van der Waals surface area contributed by atoms with Crippen LogP contribution >= 0.6 is 0 Å². The summed E-state index contributed by atoms with van der Waals surface area (Å²) in [4.78, 5) is 10.9. The summed E-state index contributed by atoms with van der Waals surface area (Å²) in [6, 6.07) is 3.28. The predicted octanol–water partition coefficient (Wildman–Crippen LogP) is 2.53. The van der Waals surface area contributed by atoms with Gasteiger partial charge in [0.05, 0.1) is 7.11 Å². The summed E-state index contributed by atoms with van der Waals surface area (Å²) in [7, 11) is 1.23. The second-order valence-corrected chi connectivity index (χ2v) is 3.21. The minimum absolute atomic E-state index is 0.0156. The highest BCUT2D eigenvalue weighted by Gasteiger charge is 2.12. The number of halogens is 3. The van der Waals surface area contributed by atoms with Gasteiger partial charge in [-0.25, -0.2) is 4.39 Å². The molecule has 17 heavy (non-hydrogen) atoms. The van der Waals surface area contributed by atoms with Gasteiger partial charge in [-0.15, -0.1) is 0 Å². The van der Waals surface area contributed by atoms with E-state index in [2.05, 4.69) is 9.47 Å². The third-order valence-corrected chi connectivity index (χ3v) is 2.07. The van der Waals surface area contributed by atoms with Crippen LogP contribution in [-0.4, -0.2) is 19.7 Å². The van der Waals surface area contributed by atoms with Crippen LogP contribution in [0, 0.1) is 5.82 Å². The van der Waals surface area contributed by atoms with Crippen molar-refractivity contribution < 1.29 is 27.4 Å². The van der Waals surface area contributed by atoms with Crippen molar-refractivity contribution in [3.8, 4) is 5.75 Å². The molecule has 0 fully saturated rings. The van der Waals surface area contributed by atoms with Gasteiger partial charge in [0.1, 0.15) is 11.6 Å². The number of ether oxygens (including phenoxy) is 2. The number of carbonyl (C=O) groups excluding carboxylic acids is 1. The van der Waals surface area contributed by atoms with Crippen molar-refractivity contribution in [3.63, 3.8) is 0 Å². The molecule has 1 rings (SSSR count). The first kappa shape index (κ1) is 13.3. The third kappa shape index (κ3) is 4.34. The van der Waals surface area contributed by atoms with Crippen LogP contribution in [0.3, 0.4) is 0 Å². The van der Waals surface area contributed by atoms with Crippen LogP contribution in [0.1, 0.15) is 12.0 Å². The predicted molar refractivity (Wildman–Crippen MR) is 53.4 cm³/mol. The number of hydrogen-bond donors (Lipinski definition) is 0. The van der Waals surface area contributed by atoms with Gasteiger partial charge in [0.2, 0.25) is 0 Å². The minimum atomic E-state index is -3.03. The van der Waals surface area contributed by atoms with E-state index in [0.717, 1.165) is 12.1 Å². The van der Waals surface area contributed by atoms with Crippen LogP contribution < -0.4 is 4.74 Å². The molecule has 0 unspecified atom stereocenters. The lowest BCUT2D eigenvalue weighted by Crippen LogP contribution is -2.07. The Bertz CT molecular complexity index is 394. The monoisotopic (exact) mass is 248 g/mol. The largest absolute Gasteiger partial charge is 0.469 e. The van der Waals surface area contributed by atoms with Crippen molar-refractivity contribution in [2.24, 2.45) is 0 Å². The fourth-order valence-electron chi connectivity index (χ4n) is 1.28. The van der Waals surface area contributed by atoms with E-state index in [1.54, 1.807) is 0 Å². The number of esters is 1. The van der Waals surface area contributed by atoms with Gasteiger partial charge < -0.3 is 9.47 Å². The lowest BCUT2D eigenvalue weighted by Gasteiger charge is -2.10. The van der Waals surface area contributed by atoms with Crippen LogP contribution in [-0.2, 0) is 16.0 Å². The van der Waals surface area contributed by atoms with E-state index in [1.807, 2.05) is 0 Å². The Balaban J connectivity index is 2.78. The third-order valence-electron chi connectivity index (χ3n) is 2.07. The van der Waals surface area contributed by atoms with E-state index in [4.69, 9.17) is 0 Å². The summed E-state index contributed by atoms with van der Waals surface area (Å²) >= 11 is 0. The van der Waals surface area contributed by atoms with Gasteiger partial charge in [0.15, 0.2) is 0 Å². The number of benzene rings is 1. The molecule has 94 valence electrons. The highest BCUT2D eigenvalue weighted by atomic mass is 19.3. The van der Waals surface area contributed by atoms with Crippen molar-refractivity contribution in [3.05, 3.63) is 29.6 Å². The topological polar surface area (TPSA) is 35.5 Å². The molecule has 0 amide bonds. The molecule has 0 atom stereocenters. The summed E-state index contributed by atoms with van der Waals surface area (Å²) < 4.78 is 45.5.